The second kappa shape index (κ2) is 10.7. The lowest BCUT2D eigenvalue weighted by molar-refractivity contribution is -0.131. The summed E-state index contributed by atoms with van der Waals surface area (Å²) in [5.74, 6) is 0.167. The highest BCUT2D eigenvalue weighted by Gasteiger charge is 2.25. The molecule has 33 heavy (non-hydrogen) atoms. The predicted octanol–water partition coefficient (Wildman–Crippen LogP) is 3.84. The van der Waals surface area contributed by atoms with Gasteiger partial charge >= 0.3 is 0 Å². The zero-order valence-electron chi connectivity index (χ0n) is 19.6. The highest BCUT2D eigenvalue weighted by Crippen LogP contribution is 2.22. The third-order valence-corrected chi connectivity index (χ3v) is 8.67. The molecule has 0 radical (unpaired) electrons. The Hall–Kier alpha value is -2.38. The number of anilines is 1. The van der Waals surface area contributed by atoms with E-state index in [4.69, 9.17) is 0 Å². The van der Waals surface area contributed by atoms with Crippen molar-refractivity contribution in [3.8, 4) is 0 Å². The summed E-state index contributed by atoms with van der Waals surface area (Å²) in [6.45, 7) is 6.47. The molecule has 0 spiro atoms. The number of piperazine rings is 1. The van der Waals surface area contributed by atoms with Crippen LogP contribution in [0.15, 0.2) is 53.4 Å². The molecule has 0 atom stereocenters. The van der Waals surface area contributed by atoms with Gasteiger partial charge in [0.05, 0.1) is 4.90 Å². The second-order valence-electron chi connectivity index (χ2n) is 9.17. The fourth-order valence-corrected chi connectivity index (χ4v) is 6.22. The Kier molecular flexibility index (Phi) is 7.71. The third kappa shape index (κ3) is 5.95. The molecule has 2 aliphatic heterocycles. The largest absolute Gasteiger partial charge is 0.368 e. The number of carbonyl (C=O) groups excluding carboxylic acids is 1. The van der Waals surface area contributed by atoms with E-state index in [1.807, 2.05) is 17.0 Å². The van der Waals surface area contributed by atoms with Crippen LogP contribution in [-0.2, 0) is 21.2 Å². The monoisotopic (exact) mass is 469 g/mol. The first kappa shape index (κ1) is 23.8. The van der Waals surface area contributed by atoms with Gasteiger partial charge in [0.25, 0.3) is 0 Å². The van der Waals surface area contributed by atoms with Crippen LogP contribution in [0.25, 0.3) is 0 Å². The molecule has 0 aromatic heterocycles. The molecule has 178 valence electrons. The van der Waals surface area contributed by atoms with Gasteiger partial charge in [-0.25, -0.2) is 8.42 Å². The lowest BCUT2D eigenvalue weighted by atomic mass is 10.1. The van der Waals surface area contributed by atoms with Crippen LogP contribution in [0.3, 0.4) is 0 Å². The van der Waals surface area contributed by atoms with Crippen molar-refractivity contribution in [2.24, 2.45) is 0 Å². The Bertz CT molecular complexity index is 1040. The highest BCUT2D eigenvalue weighted by molar-refractivity contribution is 7.89. The molecule has 0 aliphatic carbocycles. The molecule has 2 aliphatic rings. The van der Waals surface area contributed by atoms with E-state index < -0.39 is 10.0 Å². The van der Waals surface area contributed by atoms with Gasteiger partial charge in [0.1, 0.15) is 0 Å². The van der Waals surface area contributed by atoms with Gasteiger partial charge in [-0.2, -0.15) is 4.31 Å². The Morgan fingerprint density at radius 1 is 0.848 bits per heavy atom. The SMILES string of the molecule is Cc1cccc(N2CCN(C(=O)CCc3ccc(S(=O)(=O)N4CCCCCC4)cc3)CC2)c1. The zero-order valence-corrected chi connectivity index (χ0v) is 20.4. The average molecular weight is 470 g/mol. The molecular weight excluding hydrogens is 434 g/mol. The van der Waals surface area contributed by atoms with Gasteiger partial charge < -0.3 is 9.80 Å². The second-order valence-corrected chi connectivity index (χ2v) is 11.1. The minimum Gasteiger partial charge on any atom is -0.368 e. The molecule has 2 heterocycles. The van der Waals surface area contributed by atoms with Crippen molar-refractivity contribution in [2.45, 2.75) is 50.3 Å². The number of carbonyl (C=O) groups is 1. The van der Waals surface area contributed by atoms with Crippen LogP contribution in [0.5, 0.6) is 0 Å². The number of nitrogens with zero attached hydrogens (tertiary/aromatic N) is 3. The van der Waals surface area contributed by atoms with Gasteiger partial charge in [0.15, 0.2) is 0 Å². The molecule has 7 heteroatoms. The molecule has 0 bridgehead atoms. The fourth-order valence-electron chi connectivity index (χ4n) is 4.71. The number of sulfonamides is 1. The average Bonchev–Trinajstić information content (AvgIpc) is 3.13. The van der Waals surface area contributed by atoms with Gasteiger partial charge in [-0.3, -0.25) is 4.79 Å². The summed E-state index contributed by atoms with van der Waals surface area (Å²) in [5.41, 5.74) is 3.46. The minimum atomic E-state index is -3.43. The molecule has 0 saturated carbocycles. The molecule has 6 nitrogen and oxygen atoms in total. The van der Waals surface area contributed by atoms with Crippen molar-refractivity contribution in [3.63, 3.8) is 0 Å². The first-order valence-electron chi connectivity index (χ1n) is 12.1. The number of aryl methyl sites for hydroxylation is 2. The number of hydrogen-bond donors (Lipinski definition) is 0. The van der Waals surface area contributed by atoms with Crippen LogP contribution >= 0.6 is 0 Å². The number of hydrogen-bond acceptors (Lipinski definition) is 4. The maximum absolute atomic E-state index is 12.9. The maximum atomic E-state index is 12.9. The van der Waals surface area contributed by atoms with Crippen molar-refractivity contribution >= 4 is 21.6 Å². The molecule has 2 aromatic carbocycles. The normalized spacial score (nSPS) is 18.2. The van der Waals surface area contributed by atoms with Crippen molar-refractivity contribution < 1.29 is 13.2 Å². The van der Waals surface area contributed by atoms with Gasteiger partial charge in [-0.1, -0.05) is 37.1 Å². The lowest BCUT2D eigenvalue weighted by Gasteiger charge is -2.36. The number of rotatable bonds is 6. The molecule has 2 fully saturated rings. The van der Waals surface area contributed by atoms with Crippen molar-refractivity contribution in [1.82, 2.24) is 9.21 Å². The molecule has 1 amide bonds. The standard InChI is InChI=1S/C26H35N3O3S/c1-22-7-6-8-24(21-22)27-17-19-28(20-18-27)26(30)14-11-23-9-12-25(13-10-23)33(31,32)29-15-4-2-3-5-16-29/h6-10,12-13,21H,2-5,11,14-20H2,1H3. The molecule has 0 N–H and O–H groups in total. The topological polar surface area (TPSA) is 60.9 Å². The summed E-state index contributed by atoms with van der Waals surface area (Å²) in [6.07, 6.45) is 5.13. The first-order chi connectivity index (χ1) is 15.9. The summed E-state index contributed by atoms with van der Waals surface area (Å²) >= 11 is 0. The Balaban J connectivity index is 1.27. The number of amides is 1. The molecule has 2 saturated heterocycles. The van der Waals surface area contributed by atoms with E-state index in [1.54, 1.807) is 16.4 Å². The van der Waals surface area contributed by atoms with Gasteiger partial charge in [-0.05, 0) is 61.6 Å². The molecule has 2 aromatic rings. The van der Waals surface area contributed by atoms with Crippen LogP contribution in [0.2, 0.25) is 0 Å². The molecular formula is C26H35N3O3S. The van der Waals surface area contributed by atoms with E-state index in [2.05, 4.69) is 36.1 Å². The highest BCUT2D eigenvalue weighted by atomic mass is 32.2. The summed E-state index contributed by atoms with van der Waals surface area (Å²) in [5, 5.41) is 0. The summed E-state index contributed by atoms with van der Waals surface area (Å²) in [6, 6.07) is 15.6. The number of benzene rings is 2. The fraction of sp³-hybridized carbons (Fsp3) is 0.500. The van der Waals surface area contributed by atoms with Crippen LogP contribution < -0.4 is 4.90 Å². The molecule has 4 rings (SSSR count). The van der Waals surface area contributed by atoms with Crippen LogP contribution in [0.4, 0.5) is 5.69 Å². The third-order valence-electron chi connectivity index (χ3n) is 6.75. The smallest absolute Gasteiger partial charge is 0.243 e. The van der Waals surface area contributed by atoms with Gasteiger partial charge in [0, 0.05) is 51.4 Å². The minimum absolute atomic E-state index is 0.167. The van der Waals surface area contributed by atoms with E-state index in [0.717, 1.165) is 57.4 Å². The van der Waals surface area contributed by atoms with Crippen molar-refractivity contribution in [3.05, 3.63) is 59.7 Å². The van der Waals surface area contributed by atoms with E-state index in [1.165, 1.54) is 11.3 Å². The van der Waals surface area contributed by atoms with E-state index in [-0.39, 0.29) is 5.91 Å². The lowest BCUT2D eigenvalue weighted by Crippen LogP contribution is -2.48. The van der Waals surface area contributed by atoms with Crippen molar-refractivity contribution in [1.29, 1.82) is 0 Å². The summed E-state index contributed by atoms with van der Waals surface area (Å²) in [7, 11) is -3.43. The summed E-state index contributed by atoms with van der Waals surface area (Å²) < 4.78 is 27.5. The van der Waals surface area contributed by atoms with E-state index in [9.17, 15) is 13.2 Å². The summed E-state index contributed by atoms with van der Waals surface area (Å²) in [4.78, 5) is 17.4. The van der Waals surface area contributed by atoms with Crippen LogP contribution in [-0.4, -0.2) is 62.8 Å². The zero-order chi connectivity index (χ0) is 23.3. The maximum Gasteiger partial charge on any atom is 0.243 e. The van der Waals surface area contributed by atoms with Gasteiger partial charge in [0.2, 0.25) is 15.9 Å². The van der Waals surface area contributed by atoms with E-state index in [0.29, 0.717) is 30.8 Å². The molecule has 0 unspecified atom stereocenters. The quantitative estimate of drug-likeness (QED) is 0.645. The Morgan fingerprint density at radius 2 is 1.52 bits per heavy atom. The van der Waals surface area contributed by atoms with Crippen LogP contribution in [0.1, 0.15) is 43.2 Å². The first-order valence-corrected chi connectivity index (χ1v) is 13.6. The van der Waals surface area contributed by atoms with Crippen molar-refractivity contribution in [2.75, 3.05) is 44.2 Å². The van der Waals surface area contributed by atoms with Gasteiger partial charge in [-0.15, -0.1) is 0 Å². The van der Waals surface area contributed by atoms with Crippen LogP contribution in [0, 0.1) is 6.92 Å². The Morgan fingerprint density at radius 3 is 2.15 bits per heavy atom. The Labute approximate surface area is 198 Å². The van der Waals surface area contributed by atoms with E-state index >= 15 is 0 Å². The predicted molar refractivity (Wildman–Crippen MR) is 132 cm³/mol.